The van der Waals surface area contributed by atoms with Gasteiger partial charge in [0.25, 0.3) is 0 Å². The lowest BCUT2D eigenvalue weighted by atomic mass is 10.1. The molecule has 164 valence electrons. The molecular formula is C20H27Cl2N5O3. The Balaban J connectivity index is 1.57. The Bertz CT molecular complexity index is 814. The van der Waals surface area contributed by atoms with E-state index in [4.69, 9.17) is 23.2 Å². The van der Waals surface area contributed by atoms with Crippen molar-refractivity contribution in [2.24, 2.45) is 0 Å². The molecule has 2 fully saturated rings. The molecule has 0 bridgehead atoms. The van der Waals surface area contributed by atoms with E-state index < -0.39 is 6.04 Å². The smallest absolute Gasteiger partial charge is 0.321 e. The first kappa shape index (κ1) is 22.7. The monoisotopic (exact) mass is 455 g/mol. The van der Waals surface area contributed by atoms with Crippen molar-refractivity contribution in [3.8, 4) is 0 Å². The van der Waals surface area contributed by atoms with Crippen molar-refractivity contribution in [2.45, 2.75) is 19.9 Å². The third kappa shape index (κ3) is 5.17. The summed E-state index contributed by atoms with van der Waals surface area (Å²) in [6.45, 7) is 8.00. The molecule has 1 N–H and O–H groups in total. The van der Waals surface area contributed by atoms with Crippen LogP contribution in [0.15, 0.2) is 18.2 Å². The summed E-state index contributed by atoms with van der Waals surface area (Å²) in [6.07, 6.45) is 0. The minimum atomic E-state index is -0.465. The fraction of sp³-hybridized carbons (Fsp3) is 0.550. The number of hydrogen-bond donors (Lipinski definition) is 1. The first-order chi connectivity index (χ1) is 14.3. The zero-order chi connectivity index (χ0) is 21.8. The summed E-state index contributed by atoms with van der Waals surface area (Å²) in [4.78, 5) is 44.9. The summed E-state index contributed by atoms with van der Waals surface area (Å²) in [7, 11) is 0. The molecule has 0 spiro atoms. The normalized spacial score (nSPS) is 20.3. The first-order valence-corrected chi connectivity index (χ1v) is 10.8. The van der Waals surface area contributed by atoms with E-state index in [0.29, 0.717) is 55.0 Å². The Morgan fingerprint density at radius 3 is 2.27 bits per heavy atom. The third-order valence-electron chi connectivity index (χ3n) is 5.65. The molecule has 8 nitrogen and oxygen atoms in total. The van der Waals surface area contributed by atoms with Crippen LogP contribution in [0, 0.1) is 0 Å². The lowest BCUT2D eigenvalue weighted by molar-refractivity contribution is -0.149. The van der Waals surface area contributed by atoms with Gasteiger partial charge in [-0.3, -0.25) is 14.5 Å². The van der Waals surface area contributed by atoms with Gasteiger partial charge >= 0.3 is 6.03 Å². The SMILES string of the molecule is CCN1CCN(C(C)=O)[C@@H](C(=O)N2CCN(C(=O)Nc3ccc(Cl)c(Cl)c3)CC2)C1. The highest BCUT2D eigenvalue weighted by atomic mass is 35.5. The fourth-order valence-electron chi connectivity index (χ4n) is 3.83. The summed E-state index contributed by atoms with van der Waals surface area (Å²) in [5, 5.41) is 3.59. The zero-order valence-electron chi connectivity index (χ0n) is 17.2. The molecule has 0 aliphatic carbocycles. The number of nitrogens with zero attached hydrogens (tertiary/aromatic N) is 4. The number of carbonyl (C=O) groups is 3. The number of likely N-dealkylation sites (N-methyl/N-ethyl adjacent to an activating group) is 1. The van der Waals surface area contributed by atoms with Crippen LogP contribution in [-0.2, 0) is 9.59 Å². The highest BCUT2D eigenvalue weighted by Crippen LogP contribution is 2.25. The highest BCUT2D eigenvalue weighted by Gasteiger charge is 2.37. The van der Waals surface area contributed by atoms with E-state index in [1.807, 2.05) is 0 Å². The zero-order valence-corrected chi connectivity index (χ0v) is 18.7. The quantitative estimate of drug-likeness (QED) is 0.757. The number of halogens is 2. The molecule has 4 amide bonds. The minimum absolute atomic E-state index is 0.0482. The maximum atomic E-state index is 13.1. The first-order valence-electron chi connectivity index (χ1n) is 10.1. The van der Waals surface area contributed by atoms with E-state index in [-0.39, 0.29) is 17.8 Å². The van der Waals surface area contributed by atoms with E-state index in [9.17, 15) is 14.4 Å². The predicted octanol–water partition coefficient (Wildman–Crippen LogP) is 2.22. The summed E-state index contributed by atoms with van der Waals surface area (Å²) < 4.78 is 0. The Morgan fingerprint density at radius 2 is 1.67 bits per heavy atom. The summed E-state index contributed by atoms with van der Waals surface area (Å²) in [5.41, 5.74) is 0.562. The maximum absolute atomic E-state index is 13.1. The molecule has 2 saturated heterocycles. The Kier molecular flexibility index (Phi) is 7.44. The summed E-state index contributed by atoms with van der Waals surface area (Å²) in [6, 6.07) is 4.19. The van der Waals surface area contributed by atoms with Gasteiger partial charge < -0.3 is 20.0 Å². The van der Waals surface area contributed by atoms with Gasteiger partial charge in [-0.15, -0.1) is 0 Å². The number of nitrogens with one attached hydrogen (secondary N) is 1. The van der Waals surface area contributed by atoms with Crippen molar-refractivity contribution < 1.29 is 14.4 Å². The van der Waals surface area contributed by atoms with Crippen LogP contribution in [0.4, 0.5) is 10.5 Å². The molecule has 0 saturated carbocycles. The standard InChI is InChI=1S/C20H27Cl2N5O3/c1-3-24-6-11-27(14(2)28)18(13-24)19(29)25-7-9-26(10-8-25)20(30)23-15-4-5-16(21)17(22)12-15/h4-5,12,18H,3,6-11,13H2,1-2H3,(H,23,30)/t18-/m1/s1. The molecular weight excluding hydrogens is 429 g/mol. The average Bonchev–Trinajstić information content (AvgIpc) is 2.75. The van der Waals surface area contributed by atoms with Gasteiger partial charge in [-0.05, 0) is 24.7 Å². The average molecular weight is 456 g/mol. The number of carbonyl (C=O) groups excluding carboxylic acids is 3. The Hall–Kier alpha value is -2.03. The van der Waals surface area contributed by atoms with Gasteiger partial charge in [0.2, 0.25) is 11.8 Å². The van der Waals surface area contributed by atoms with E-state index in [1.165, 1.54) is 6.92 Å². The van der Waals surface area contributed by atoms with Gasteiger partial charge in [-0.25, -0.2) is 4.79 Å². The van der Waals surface area contributed by atoms with Gasteiger partial charge in [0.05, 0.1) is 10.0 Å². The molecule has 10 heteroatoms. The number of piperazine rings is 2. The molecule has 1 aromatic rings. The van der Waals surface area contributed by atoms with Gasteiger partial charge in [-0.2, -0.15) is 0 Å². The highest BCUT2D eigenvalue weighted by molar-refractivity contribution is 6.42. The Labute approximate surface area is 186 Å². The number of benzene rings is 1. The molecule has 1 aromatic carbocycles. The molecule has 0 aromatic heterocycles. The fourth-order valence-corrected chi connectivity index (χ4v) is 4.13. The molecule has 0 unspecified atom stereocenters. The van der Waals surface area contributed by atoms with E-state index in [0.717, 1.165) is 13.1 Å². The van der Waals surface area contributed by atoms with Crippen molar-refractivity contribution in [3.63, 3.8) is 0 Å². The van der Waals surface area contributed by atoms with Crippen molar-refractivity contribution in [3.05, 3.63) is 28.2 Å². The second-order valence-electron chi connectivity index (χ2n) is 7.49. The van der Waals surface area contributed by atoms with E-state index in [1.54, 1.807) is 32.9 Å². The van der Waals surface area contributed by atoms with Crippen LogP contribution >= 0.6 is 23.2 Å². The van der Waals surface area contributed by atoms with E-state index >= 15 is 0 Å². The van der Waals surface area contributed by atoms with Crippen LogP contribution in [0.3, 0.4) is 0 Å². The van der Waals surface area contributed by atoms with Crippen LogP contribution < -0.4 is 5.32 Å². The topological polar surface area (TPSA) is 76.2 Å². The number of amides is 4. The second-order valence-corrected chi connectivity index (χ2v) is 8.31. The van der Waals surface area contributed by atoms with Gasteiger partial charge in [-0.1, -0.05) is 30.1 Å². The maximum Gasteiger partial charge on any atom is 0.321 e. The lowest BCUT2D eigenvalue weighted by Gasteiger charge is -2.43. The van der Waals surface area contributed by atoms with Crippen molar-refractivity contribution in [1.29, 1.82) is 0 Å². The van der Waals surface area contributed by atoms with Gasteiger partial charge in [0.15, 0.2) is 0 Å². The number of anilines is 1. The van der Waals surface area contributed by atoms with Crippen molar-refractivity contribution >= 4 is 46.7 Å². The van der Waals surface area contributed by atoms with E-state index in [2.05, 4.69) is 17.1 Å². The third-order valence-corrected chi connectivity index (χ3v) is 6.39. The molecule has 0 radical (unpaired) electrons. The summed E-state index contributed by atoms with van der Waals surface area (Å²) >= 11 is 11.9. The molecule has 3 rings (SSSR count). The van der Waals surface area contributed by atoms with Crippen LogP contribution in [0.5, 0.6) is 0 Å². The van der Waals surface area contributed by atoms with Crippen LogP contribution in [0.1, 0.15) is 13.8 Å². The van der Waals surface area contributed by atoms with Crippen LogP contribution in [-0.4, -0.2) is 95.8 Å². The number of rotatable bonds is 3. The number of urea groups is 1. The molecule has 2 aliphatic heterocycles. The lowest BCUT2D eigenvalue weighted by Crippen LogP contribution is -2.62. The second kappa shape index (κ2) is 9.85. The van der Waals surface area contributed by atoms with Gasteiger partial charge in [0.1, 0.15) is 6.04 Å². The molecule has 30 heavy (non-hydrogen) atoms. The van der Waals surface area contributed by atoms with Gasteiger partial charge in [0, 0.05) is 58.4 Å². The molecule has 1 atom stereocenters. The largest absolute Gasteiger partial charge is 0.337 e. The molecule has 2 heterocycles. The van der Waals surface area contributed by atoms with Crippen LogP contribution in [0.2, 0.25) is 10.0 Å². The van der Waals surface area contributed by atoms with Crippen molar-refractivity contribution in [1.82, 2.24) is 19.6 Å². The number of hydrogen-bond acceptors (Lipinski definition) is 4. The van der Waals surface area contributed by atoms with Crippen LogP contribution in [0.25, 0.3) is 0 Å². The predicted molar refractivity (Wildman–Crippen MR) is 117 cm³/mol. The molecule has 2 aliphatic rings. The van der Waals surface area contributed by atoms with Crippen molar-refractivity contribution in [2.75, 3.05) is 57.7 Å². The Morgan fingerprint density at radius 1 is 1.00 bits per heavy atom. The minimum Gasteiger partial charge on any atom is -0.337 e. The summed E-state index contributed by atoms with van der Waals surface area (Å²) in [5.74, 6) is -0.128.